The van der Waals surface area contributed by atoms with Crippen LogP contribution in [0.5, 0.6) is 5.75 Å². The number of nitrogens with zero attached hydrogens (tertiary/aromatic N) is 7. The Morgan fingerprint density at radius 1 is 1.34 bits per heavy atom. The van der Waals surface area contributed by atoms with Gasteiger partial charge in [-0.15, -0.1) is 0 Å². The van der Waals surface area contributed by atoms with E-state index in [4.69, 9.17) is 9.84 Å². The minimum absolute atomic E-state index is 0.198. The van der Waals surface area contributed by atoms with Gasteiger partial charge in [0.2, 0.25) is 5.82 Å². The van der Waals surface area contributed by atoms with Crippen LogP contribution >= 0.6 is 0 Å². The van der Waals surface area contributed by atoms with E-state index in [0.29, 0.717) is 30.4 Å². The number of aromatic nitrogens is 7. The number of hydrogen-bond acceptors (Lipinski definition) is 6. The van der Waals surface area contributed by atoms with E-state index in [9.17, 15) is 4.79 Å². The number of carbonyl (C=O) groups is 1. The van der Waals surface area contributed by atoms with Crippen molar-refractivity contribution in [3.05, 3.63) is 59.5 Å². The molecular weight excluding hydrogens is 372 g/mol. The van der Waals surface area contributed by atoms with Gasteiger partial charge < -0.3 is 14.6 Å². The van der Waals surface area contributed by atoms with Crippen LogP contribution in [0.4, 0.5) is 0 Å². The summed E-state index contributed by atoms with van der Waals surface area (Å²) in [5.41, 5.74) is 3.35. The lowest BCUT2D eigenvalue weighted by atomic mass is 9.99. The first-order valence-electron chi connectivity index (χ1n) is 9.30. The van der Waals surface area contributed by atoms with Crippen molar-refractivity contribution < 1.29 is 9.53 Å². The van der Waals surface area contributed by atoms with Gasteiger partial charge in [-0.25, -0.2) is 19.2 Å². The van der Waals surface area contributed by atoms with E-state index < -0.39 is 6.04 Å². The molecule has 4 aromatic rings. The van der Waals surface area contributed by atoms with Crippen LogP contribution in [-0.4, -0.2) is 58.8 Å². The highest BCUT2D eigenvalue weighted by Crippen LogP contribution is 2.35. The molecule has 5 heterocycles. The molecule has 29 heavy (non-hydrogen) atoms. The molecule has 0 unspecified atom stereocenters. The van der Waals surface area contributed by atoms with Gasteiger partial charge in [0.15, 0.2) is 0 Å². The Morgan fingerprint density at radius 2 is 2.21 bits per heavy atom. The van der Waals surface area contributed by atoms with Crippen molar-refractivity contribution in [3.63, 3.8) is 0 Å². The van der Waals surface area contributed by atoms with E-state index in [1.807, 2.05) is 24.4 Å². The maximum absolute atomic E-state index is 13.4. The molecule has 5 rings (SSSR count). The third kappa shape index (κ3) is 2.67. The number of pyridine rings is 1. The molecular formula is C19H20N8O2. The van der Waals surface area contributed by atoms with Gasteiger partial charge in [0.1, 0.15) is 23.1 Å². The molecule has 0 aliphatic carbocycles. The number of imidazole rings is 1. The second-order valence-electron chi connectivity index (χ2n) is 7.00. The van der Waals surface area contributed by atoms with Gasteiger partial charge in [0, 0.05) is 31.9 Å². The first-order valence-corrected chi connectivity index (χ1v) is 9.30. The predicted octanol–water partition coefficient (Wildman–Crippen LogP) is 1.29. The molecule has 0 radical (unpaired) electrons. The number of carbonyl (C=O) groups excluding carboxylic acids is 1. The van der Waals surface area contributed by atoms with Crippen molar-refractivity contribution >= 4 is 11.4 Å². The van der Waals surface area contributed by atoms with Crippen LogP contribution in [0.1, 0.15) is 39.6 Å². The molecule has 1 amide bonds. The zero-order chi connectivity index (χ0) is 20.1. The summed E-state index contributed by atoms with van der Waals surface area (Å²) in [6.07, 6.45) is 4.20. The zero-order valence-corrected chi connectivity index (χ0v) is 16.3. The molecule has 0 saturated carbocycles. The summed E-state index contributed by atoms with van der Waals surface area (Å²) >= 11 is 0. The van der Waals surface area contributed by atoms with Gasteiger partial charge >= 0.3 is 0 Å². The molecule has 148 valence electrons. The van der Waals surface area contributed by atoms with Crippen LogP contribution in [-0.2, 0) is 13.5 Å². The van der Waals surface area contributed by atoms with E-state index in [1.54, 1.807) is 36.8 Å². The summed E-state index contributed by atoms with van der Waals surface area (Å²) in [6, 6.07) is 5.26. The van der Waals surface area contributed by atoms with E-state index in [-0.39, 0.29) is 5.91 Å². The Balaban J connectivity index is 1.65. The number of hydrogen-bond donors (Lipinski definition) is 1. The molecule has 1 N–H and O–H groups in total. The largest absolute Gasteiger partial charge is 0.494 e. The minimum atomic E-state index is -0.431. The fourth-order valence-corrected chi connectivity index (χ4v) is 3.94. The second-order valence-corrected chi connectivity index (χ2v) is 7.00. The highest BCUT2D eigenvalue weighted by Gasteiger charge is 2.37. The van der Waals surface area contributed by atoms with Crippen molar-refractivity contribution in [1.82, 2.24) is 39.2 Å². The Hall–Kier alpha value is -3.69. The van der Waals surface area contributed by atoms with Crippen molar-refractivity contribution in [2.75, 3.05) is 13.7 Å². The summed E-state index contributed by atoms with van der Waals surface area (Å²) in [5.74, 6) is 1.37. The van der Waals surface area contributed by atoms with E-state index >= 15 is 0 Å². The first-order chi connectivity index (χ1) is 14.1. The SMILES string of the molecule is COc1cccn2nc([C@H]3c4nc[nH]c4CCN3C(=O)c3nc(C)nn3C)cc12. The fourth-order valence-electron chi connectivity index (χ4n) is 3.94. The lowest BCUT2D eigenvalue weighted by Gasteiger charge is -2.33. The van der Waals surface area contributed by atoms with Crippen LogP contribution in [0.15, 0.2) is 30.7 Å². The maximum Gasteiger partial charge on any atom is 0.292 e. The van der Waals surface area contributed by atoms with Gasteiger partial charge in [0.05, 0.1) is 24.8 Å². The average Bonchev–Trinajstić information content (AvgIpc) is 3.43. The number of ether oxygens (including phenoxy) is 1. The number of nitrogens with one attached hydrogen (secondary N) is 1. The van der Waals surface area contributed by atoms with E-state index in [0.717, 1.165) is 22.6 Å². The highest BCUT2D eigenvalue weighted by atomic mass is 16.5. The van der Waals surface area contributed by atoms with Crippen LogP contribution in [0.25, 0.3) is 5.52 Å². The molecule has 0 fully saturated rings. The first kappa shape index (κ1) is 17.4. The van der Waals surface area contributed by atoms with Gasteiger partial charge in [0.25, 0.3) is 5.91 Å². The Labute approximate surface area is 166 Å². The monoisotopic (exact) mass is 392 g/mol. The van der Waals surface area contributed by atoms with Crippen LogP contribution in [0.3, 0.4) is 0 Å². The quantitative estimate of drug-likeness (QED) is 0.563. The Kier molecular flexibility index (Phi) is 3.86. The van der Waals surface area contributed by atoms with Crippen molar-refractivity contribution in [2.45, 2.75) is 19.4 Å². The van der Waals surface area contributed by atoms with Gasteiger partial charge in [-0.1, -0.05) is 0 Å². The predicted molar refractivity (Wildman–Crippen MR) is 103 cm³/mol. The van der Waals surface area contributed by atoms with Crippen LogP contribution in [0, 0.1) is 6.92 Å². The Bertz CT molecular complexity index is 1220. The number of rotatable bonds is 3. The smallest absolute Gasteiger partial charge is 0.292 e. The molecule has 0 bridgehead atoms. The fraction of sp³-hybridized carbons (Fsp3) is 0.316. The molecule has 1 aliphatic rings. The summed E-state index contributed by atoms with van der Waals surface area (Å²) in [4.78, 5) is 27.2. The lowest BCUT2D eigenvalue weighted by molar-refractivity contribution is 0.0669. The van der Waals surface area contributed by atoms with E-state index in [1.165, 1.54) is 4.68 Å². The van der Waals surface area contributed by atoms with Gasteiger partial charge in [-0.2, -0.15) is 10.2 Å². The lowest BCUT2D eigenvalue weighted by Crippen LogP contribution is -2.42. The minimum Gasteiger partial charge on any atom is -0.494 e. The topological polar surface area (TPSA) is 106 Å². The summed E-state index contributed by atoms with van der Waals surface area (Å²) < 4.78 is 8.73. The third-order valence-corrected chi connectivity index (χ3v) is 5.23. The van der Waals surface area contributed by atoms with Gasteiger partial charge in [-0.05, 0) is 25.1 Å². The Morgan fingerprint density at radius 3 is 2.97 bits per heavy atom. The van der Waals surface area contributed by atoms with Crippen molar-refractivity contribution in [3.8, 4) is 5.75 Å². The van der Waals surface area contributed by atoms with Crippen LogP contribution < -0.4 is 4.74 Å². The van der Waals surface area contributed by atoms with E-state index in [2.05, 4.69) is 20.1 Å². The maximum atomic E-state index is 13.4. The summed E-state index contributed by atoms with van der Waals surface area (Å²) in [6.45, 7) is 2.29. The zero-order valence-electron chi connectivity index (χ0n) is 16.3. The van der Waals surface area contributed by atoms with Gasteiger partial charge in [-0.3, -0.25) is 4.79 Å². The number of amides is 1. The number of aryl methyl sites for hydroxylation is 2. The number of aromatic amines is 1. The molecule has 10 nitrogen and oxygen atoms in total. The van der Waals surface area contributed by atoms with Crippen molar-refractivity contribution in [2.24, 2.45) is 7.05 Å². The molecule has 10 heteroatoms. The standard InChI is InChI=1S/C19H20N8O2/c1-11-22-18(25(2)23-11)19(28)26-8-6-12-16(21-10-20-12)17(26)13-9-14-15(29-3)5-4-7-27(14)24-13/h4-5,7,9-10,17H,6,8H2,1-3H3,(H,20,21)/t17-/m0/s1. The molecule has 1 atom stereocenters. The number of H-pyrrole nitrogens is 1. The molecule has 0 saturated heterocycles. The second kappa shape index (κ2) is 6.43. The van der Waals surface area contributed by atoms with Crippen molar-refractivity contribution in [1.29, 1.82) is 0 Å². The number of methoxy groups -OCH3 is 1. The molecule has 4 aromatic heterocycles. The molecule has 0 aromatic carbocycles. The molecule has 0 spiro atoms. The summed E-state index contributed by atoms with van der Waals surface area (Å²) in [7, 11) is 3.35. The summed E-state index contributed by atoms with van der Waals surface area (Å²) in [5, 5.41) is 8.94. The highest BCUT2D eigenvalue weighted by molar-refractivity contribution is 5.91. The van der Waals surface area contributed by atoms with Crippen LogP contribution in [0.2, 0.25) is 0 Å². The average molecular weight is 392 g/mol. The third-order valence-electron chi connectivity index (χ3n) is 5.23. The molecule has 1 aliphatic heterocycles. The normalized spacial score (nSPS) is 16.2. The number of fused-ring (bicyclic) bond motifs is 2.